The van der Waals surface area contributed by atoms with Crippen LogP contribution in [-0.4, -0.2) is 31.4 Å². The third-order valence-electron chi connectivity index (χ3n) is 1.81. The van der Waals surface area contributed by atoms with Crippen LogP contribution in [-0.2, 0) is 9.45 Å². The Kier molecular flexibility index (Phi) is 2.32. The molecule has 0 saturated carbocycles. The lowest BCUT2D eigenvalue weighted by Crippen LogP contribution is -2.35. The molecule has 0 radical (unpaired) electrons. The molecule has 0 bridgehead atoms. The molecule has 0 atom stereocenters. The van der Waals surface area contributed by atoms with Gasteiger partial charge >= 0.3 is 7.05 Å². The molecule has 1 fully saturated rings. The minimum atomic E-state index is -0.0724. The number of nitrogens with zero attached hydrogens (tertiary/aromatic N) is 1. The van der Waals surface area contributed by atoms with Crippen molar-refractivity contribution in [2.75, 3.05) is 13.6 Å². The van der Waals surface area contributed by atoms with Crippen molar-refractivity contribution in [3.05, 3.63) is 0 Å². The van der Waals surface area contributed by atoms with Crippen molar-refractivity contribution in [1.29, 1.82) is 0 Å². The molecule has 0 unspecified atom stereocenters. The fourth-order valence-electron chi connectivity index (χ4n) is 0.994. The van der Waals surface area contributed by atoms with Crippen molar-refractivity contribution >= 4 is 13.0 Å². The van der Waals surface area contributed by atoms with E-state index in [1.807, 2.05) is 18.7 Å². The summed E-state index contributed by atoms with van der Waals surface area (Å²) in [6.07, 6.45) is 1.48. The molecule has 3 nitrogen and oxygen atoms in total. The molecule has 0 aromatic carbocycles. The molecule has 1 aliphatic rings. The van der Waals surface area contributed by atoms with E-state index in [0.29, 0.717) is 6.42 Å². The van der Waals surface area contributed by atoms with Gasteiger partial charge in [-0.2, -0.15) is 0 Å². The maximum atomic E-state index is 10.8. The van der Waals surface area contributed by atoms with Gasteiger partial charge in [0, 0.05) is 6.42 Å². The Morgan fingerprint density at radius 3 is 3.10 bits per heavy atom. The number of carbonyl (C=O) groups excluding carboxylic acids is 1. The van der Waals surface area contributed by atoms with Gasteiger partial charge in [-0.3, -0.25) is 4.79 Å². The van der Waals surface area contributed by atoms with Crippen LogP contribution in [0.4, 0.5) is 0 Å². The average Bonchev–Trinajstić information content (AvgIpc) is 1.96. The largest absolute Gasteiger partial charge is 0.520 e. The van der Waals surface area contributed by atoms with Crippen LogP contribution in [0, 0.1) is 0 Å². The standard InChI is InChI=1S/C6H12BNO2/c1-7-8(2)5-3-4-6(9)10-7/h3-5H2,1-2H3. The van der Waals surface area contributed by atoms with Gasteiger partial charge in [0.05, 0.1) is 0 Å². The molecule has 10 heavy (non-hydrogen) atoms. The van der Waals surface area contributed by atoms with Crippen molar-refractivity contribution in [3.8, 4) is 0 Å². The third kappa shape index (κ3) is 1.74. The molecule has 56 valence electrons. The van der Waals surface area contributed by atoms with Gasteiger partial charge in [-0.15, -0.1) is 0 Å². The minimum absolute atomic E-state index is 0.0463. The van der Waals surface area contributed by atoms with Crippen LogP contribution in [0.3, 0.4) is 0 Å². The van der Waals surface area contributed by atoms with Crippen LogP contribution in [0.25, 0.3) is 0 Å². The lowest BCUT2D eigenvalue weighted by Gasteiger charge is -2.15. The van der Waals surface area contributed by atoms with Gasteiger partial charge in [-0.25, -0.2) is 0 Å². The highest BCUT2D eigenvalue weighted by atomic mass is 16.5. The van der Waals surface area contributed by atoms with Crippen LogP contribution >= 0.6 is 0 Å². The minimum Gasteiger partial charge on any atom is -0.520 e. The highest BCUT2D eigenvalue weighted by Crippen LogP contribution is 2.05. The van der Waals surface area contributed by atoms with E-state index in [2.05, 4.69) is 0 Å². The fraction of sp³-hybridized carbons (Fsp3) is 0.833. The first kappa shape index (κ1) is 7.60. The molecule has 1 heterocycles. The summed E-state index contributed by atoms with van der Waals surface area (Å²) in [6, 6.07) is 0. The number of rotatable bonds is 0. The van der Waals surface area contributed by atoms with E-state index in [-0.39, 0.29) is 13.0 Å². The van der Waals surface area contributed by atoms with Gasteiger partial charge in [0.15, 0.2) is 0 Å². The second-order valence-corrected chi connectivity index (χ2v) is 2.67. The number of hydrogen-bond acceptors (Lipinski definition) is 3. The molecule has 1 rings (SSSR count). The molecule has 0 spiro atoms. The fourth-order valence-corrected chi connectivity index (χ4v) is 0.994. The van der Waals surface area contributed by atoms with E-state index in [1.54, 1.807) is 0 Å². The van der Waals surface area contributed by atoms with Crippen molar-refractivity contribution in [3.63, 3.8) is 0 Å². The Morgan fingerprint density at radius 1 is 1.70 bits per heavy atom. The highest BCUT2D eigenvalue weighted by Gasteiger charge is 2.23. The third-order valence-corrected chi connectivity index (χ3v) is 1.81. The van der Waals surface area contributed by atoms with E-state index >= 15 is 0 Å². The van der Waals surface area contributed by atoms with Gasteiger partial charge in [0.25, 0.3) is 5.97 Å². The first-order chi connectivity index (χ1) is 4.70. The summed E-state index contributed by atoms with van der Waals surface area (Å²) in [5, 5.41) is 0. The smallest absolute Gasteiger partial charge is 0.447 e. The van der Waals surface area contributed by atoms with Crippen molar-refractivity contribution in [1.82, 2.24) is 4.81 Å². The first-order valence-corrected chi connectivity index (χ1v) is 3.60. The highest BCUT2D eigenvalue weighted by molar-refractivity contribution is 6.49. The molecule has 1 saturated heterocycles. The Bertz CT molecular complexity index is 140. The topological polar surface area (TPSA) is 29.5 Å². The Balaban J connectivity index is 2.49. The van der Waals surface area contributed by atoms with Crippen LogP contribution < -0.4 is 0 Å². The van der Waals surface area contributed by atoms with Gasteiger partial charge in [0.2, 0.25) is 0 Å². The van der Waals surface area contributed by atoms with Crippen molar-refractivity contribution in [2.45, 2.75) is 19.7 Å². The summed E-state index contributed by atoms with van der Waals surface area (Å²) in [5.41, 5.74) is 0. The van der Waals surface area contributed by atoms with Crippen LogP contribution in [0.5, 0.6) is 0 Å². The Hall–Kier alpha value is -0.505. The second kappa shape index (κ2) is 3.06. The summed E-state index contributed by atoms with van der Waals surface area (Å²) in [7, 11) is 1.92. The molecular formula is C6H12BNO2. The quantitative estimate of drug-likeness (QED) is 0.456. The average molecular weight is 141 g/mol. The van der Waals surface area contributed by atoms with Gasteiger partial charge in [-0.05, 0) is 26.8 Å². The van der Waals surface area contributed by atoms with Crippen molar-refractivity contribution < 1.29 is 9.45 Å². The van der Waals surface area contributed by atoms with E-state index in [0.717, 1.165) is 13.0 Å². The molecule has 1 aliphatic heterocycles. The first-order valence-electron chi connectivity index (χ1n) is 3.60. The van der Waals surface area contributed by atoms with Gasteiger partial charge in [0.1, 0.15) is 0 Å². The maximum absolute atomic E-state index is 10.8. The van der Waals surface area contributed by atoms with E-state index in [9.17, 15) is 4.79 Å². The zero-order valence-electron chi connectivity index (χ0n) is 6.46. The monoisotopic (exact) mass is 141 g/mol. The second-order valence-electron chi connectivity index (χ2n) is 2.67. The lowest BCUT2D eigenvalue weighted by atomic mass is 9.85. The predicted octanol–water partition coefficient (Wildman–Crippen LogP) is 0.373. The molecule has 4 heteroatoms. The number of hydrogen-bond donors (Lipinski definition) is 0. The summed E-state index contributed by atoms with van der Waals surface area (Å²) in [6.45, 7) is 2.84. The zero-order valence-corrected chi connectivity index (χ0v) is 6.46. The van der Waals surface area contributed by atoms with Gasteiger partial charge < -0.3 is 9.47 Å². The molecule has 0 aromatic heterocycles. The summed E-state index contributed by atoms with van der Waals surface area (Å²) in [4.78, 5) is 12.8. The predicted molar refractivity (Wildman–Crippen MR) is 39.6 cm³/mol. The molecule has 0 aromatic rings. The SMILES string of the molecule is CB1OC(=O)CCCN1C. The maximum Gasteiger partial charge on any atom is 0.447 e. The zero-order chi connectivity index (χ0) is 7.56. The van der Waals surface area contributed by atoms with Crippen LogP contribution in [0.1, 0.15) is 12.8 Å². The van der Waals surface area contributed by atoms with Crippen LogP contribution in [0.2, 0.25) is 6.82 Å². The summed E-state index contributed by atoms with van der Waals surface area (Å²) >= 11 is 0. The van der Waals surface area contributed by atoms with Crippen LogP contribution in [0.15, 0.2) is 0 Å². The lowest BCUT2D eigenvalue weighted by molar-refractivity contribution is -0.134. The summed E-state index contributed by atoms with van der Waals surface area (Å²) < 4.78 is 5.01. The Morgan fingerprint density at radius 2 is 2.40 bits per heavy atom. The summed E-state index contributed by atoms with van der Waals surface area (Å²) in [5.74, 6) is -0.0724. The molecular weight excluding hydrogens is 129 g/mol. The van der Waals surface area contributed by atoms with E-state index in [1.165, 1.54) is 0 Å². The number of carbonyl (C=O) groups is 1. The molecule has 0 N–H and O–H groups in total. The molecule has 0 amide bonds. The van der Waals surface area contributed by atoms with Gasteiger partial charge in [-0.1, -0.05) is 0 Å². The van der Waals surface area contributed by atoms with E-state index in [4.69, 9.17) is 4.65 Å². The van der Waals surface area contributed by atoms with Crippen molar-refractivity contribution in [2.24, 2.45) is 0 Å². The Labute approximate surface area is 61.5 Å². The van der Waals surface area contributed by atoms with E-state index < -0.39 is 0 Å². The molecule has 0 aliphatic carbocycles. The normalized spacial score (nSPS) is 22.2.